The first kappa shape index (κ1) is 35.1. The van der Waals surface area contributed by atoms with Gasteiger partial charge in [0.25, 0.3) is 0 Å². The van der Waals surface area contributed by atoms with E-state index in [9.17, 15) is 23.2 Å². The number of benzene rings is 1. The Kier molecular flexibility index (Phi) is 14.9. The van der Waals surface area contributed by atoms with E-state index in [0.717, 1.165) is 25.1 Å². The highest BCUT2D eigenvalue weighted by atomic mass is 32.2. The second kappa shape index (κ2) is 17.8. The number of sulfonamides is 1. The van der Waals surface area contributed by atoms with Crippen molar-refractivity contribution < 1.29 is 23.2 Å². The van der Waals surface area contributed by atoms with Crippen LogP contribution in [0.3, 0.4) is 0 Å². The molecule has 10 heteroatoms. The van der Waals surface area contributed by atoms with Crippen LogP contribution in [-0.2, 0) is 19.6 Å². The number of carbonyl (C=O) groups is 2. The first-order chi connectivity index (χ1) is 20.0. The summed E-state index contributed by atoms with van der Waals surface area (Å²) in [6.07, 6.45) is 10.6. The van der Waals surface area contributed by atoms with E-state index in [1.54, 1.807) is 29.2 Å². The van der Waals surface area contributed by atoms with Gasteiger partial charge >= 0.3 is 0 Å². The first-order valence-corrected chi connectivity index (χ1v) is 16.2. The number of nitrogens with zero attached hydrogens (tertiary/aromatic N) is 3. The predicted molar refractivity (Wildman–Crippen MR) is 168 cm³/mol. The van der Waals surface area contributed by atoms with Gasteiger partial charge in [-0.05, 0) is 37.1 Å². The standard InChI is InChI=1S/C18H29N3O4S.C14H19NO/c1-4-12-20(13-7-14-21(23)5-2)18(22)15-16-8-6-9-17(11-10-16)26(24,25)19-3;1-11(2)14(16)15-9-8-13(10-15)12-6-4-3-5-7-12/h4,6,8,10-11,19,23H,1,5,7,9,12-15H2,2-3H3;3-7,11,13H,8-10H2,1-2H3. The molecule has 0 saturated carbocycles. The van der Waals surface area contributed by atoms with Crippen LogP contribution >= 0.6 is 0 Å². The van der Waals surface area contributed by atoms with Gasteiger partial charge < -0.3 is 15.0 Å². The molecule has 42 heavy (non-hydrogen) atoms. The fourth-order valence-corrected chi connectivity index (χ4v) is 5.61. The molecule has 1 saturated heterocycles. The van der Waals surface area contributed by atoms with E-state index in [2.05, 4.69) is 35.6 Å². The number of hydrogen-bond donors (Lipinski definition) is 2. The Bertz CT molecular complexity index is 1220. The first-order valence-electron chi connectivity index (χ1n) is 14.7. The van der Waals surface area contributed by atoms with Crippen molar-refractivity contribution in [2.24, 2.45) is 5.92 Å². The lowest BCUT2D eigenvalue weighted by Gasteiger charge is -2.22. The Balaban J connectivity index is 0.000000327. The molecule has 0 spiro atoms. The molecule has 1 heterocycles. The van der Waals surface area contributed by atoms with Gasteiger partial charge in [0.1, 0.15) is 0 Å². The zero-order valence-electron chi connectivity index (χ0n) is 25.5. The van der Waals surface area contributed by atoms with Crippen LogP contribution in [0.2, 0.25) is 0 Å². The van der Waals surface area contributed by atoms with E-state index in [1.807, 2.05) is 31.7 Å². The Morgan fingerprint density at radius 3 is 2.52 bits per heavy atom. The summed E-state index contributed by atoms with van der Waals surface area (Å²) in [6, 6.07) is 10.5. The second-order valence-corrected chi connectivity index (χ2v) is 12.7. The molecule has 3 rings (SSSR count). The fraction of sp³-hybridized carbons (Fsp3) is 0.500. The van der Waals surface area contributed by atoms with Crippen molar-refractivity contribution >= 4 is 21.8 Å². The molecule has 1 aromatic carbocycles. The molecule has 232 valence electrons. The molecule has 2 aliphatic rings. The number of amides is 2. The van der Waals surface area contributed by atoms with E-state index < -0.39 is 10.0 Å². The molecule has 1 aromatic rings. The summed E-state index contributed by atoms with van der Waals surface area (Å²) >= 11 is 0. The van der Waals surface area contributed by atoms with Crippen molar-refractivity contribution in [1.82, 2.24) is 19.6 Å². The lowest BCUT2D eigenvalue weighted by Crippen LogP contribution is -2.34. The van der Waals surface area contributed by atoms with Crippen LogP contribution in [0.5, 0.6) is 0 Å². The van der Waals surface area contributed by atoms with E-state index in [0.29, 0.717) is 44.4 Å². The fourth-order valence-electron chi connectivity index (χ4n) is 4.78. The van der Waals surface area contributed by atoms with Crippen LogP contribution in [-0.4, -0.2) is 86.6 Å². The average Bonchev–Trinajstić information content (AvgIpc) is 3.36. The van der Waals surface area contributed by atoms with Crippen molar-refractivity contribution in [3.8, 4) is 0 Å². The molecule has 1 aliphatic carbocycles. The predicted octanol–water partition coefficient (Wildman–Crippen LogP) is 4.47. The summed E-state index contributed by atoms with van der Waals surface area (Å²) in [6.45, 7) is 13.3. The summed E-state index contributed by atoms with van der Waals surface area (Å²) in [7, 11) is -2.09. The molecule has 9 nitrogen and oxygen atoms in total. The normalized spacial score (nSPS) is 16.8. The third kappa shape index (κ3) is 11.3. The zero-order chi connectivity index (χ0) is 31.1. The second-order valence-electron chi connectivity index (χ2n) is 10.7. The molecule has 2 N–H and O–H groups in total. The highest BCUT2D eigenvalue weighted by molar-refractivity contribution is 7.93. The lowest BCUT2D eigenvalue weighted by molar-refractivity contribution is -0.133. The van der Waals surface area contributed by atoms with E-state index in [1.165, 1.54) is 23.8 Å². The minimum absolute atomic E-state index is 0.0601. The van der Waals surface area contributed by atoms with Crippen molar-refractivity contribution in [2.45, 2.75) is 52.4 Å². The van der Waals surface area contributed by atoms with Crippen molar-refractivity contribution in [2.75, 3.05) is 46.3 Å². The molecular formula is C32H48N4O5S. The maximum absolute atomic E-state index is 12.6. The smallest absolute Gasteiger partial charge is 0.236 e. The minimum Gasteiger partial charge on any atom is -0.342 e. The number of allylic oxidation sites excluding steroid dienone is 5. The number of nitrogens with one attached hydrogen (secondary N) is 1. The molecule has 0 bridgehead atoms. The third-order valence-electron chi connectivity index (χ3n) is 7.28. The topological polar surface area (TPSA) is 110 Å². The van der Waals surface area contributed by atoms with Crippen LogP contribution in [0.25, 0.3) is 0 Å². The Morgan fingerprint density at radius 1 is 1.19 bits per heavy atom. The van der Waals surface area contributed by atoms with Gasteiger partial charge in [-0.1, -0.05) is 75.4 Å². The molecule has 1 atom stereocenters. The van der Waals surface area contributed by atoms with Gasteiger partial charge in [0.05, 0.1) is 11.3 Å². The minimum atomic E-state index is -3.47. The zero-order valence-corrected chi connectivity index (χ0v) is 26.4. The van der Waals surface area contributed by atoms with Crippen LogP contribution < -0.4 is 4.72 Å². The van der Waals surface area contributed by atoms with Gasteiger partial charge in [-0.15, -0.1) is 6.58 Å². The number of carbonyl (C=O) groups excluding carboxylic acids is 2. The number of likely N-dealkylation sites (tertiary alicyclic amines) is 1. The lowest BCUT2D eigenvalue weighted by atomic mass is 9.99. The van der Waals surface area contributed by atoms with E-state index in [4.69, 9.17) is 0 Å². The van der Waals surface area contributed by atoms with Gasteiger partial charge in [0.2, 0.25) is 21.8 Å². The highest BCUT2D eigenvalue weighted by Crippen LogP contribution is 2.27. The Morgan fingerprint density at radius 2 is 1.90 bits per heavy atom. The summed E-state index contributed by atoms with van der Waals surface area (Å²) in [4.78, 5) is 28.4. The van der Waals surface area contributed by atoms with Crippen LogP contribution in [0, 0.1) is 5.92 Å². The molecule has 0 radical (unpaired) electrons. The summed E-state index contributed by atoms with van der Waals surface area (Å²) in [5, 5.41) is 10.7. The van der Waals surface area contributed by atoms with Gasteiger partial charge in [-0.3, -0.25) is 9.59 Å². The SMILES string of the molecule is C=CCN(CCCN(O)CC)C(=O)CC1=CC=C(S(=O)(=O)NC)CC=C1.CC(C)C(=O)N1CCC(c2ccccc2)C1. The molecule has 1 aliphatic heterocycles. The largest absolute Gasteiger partial charge is 0.342 e. The van der Waals surface area contributed by atoms with Crippen molar-refractivity contribution in [3.63, 3.8) is 0 Å². The molecule has 2 amide bonds. The molecule has 0 aromatic heterocycles. The molecule has 1 fully saturated rings. The number of hydroxylamine groups is 2. The maximum atomic E-state index is 12.6. The summed E-state index contributed by atoms with van der Waals surface area (Å²) < 4.78 is 26.0. The van der Waals surface area contributed by atoms with Gasteiger partial charge in [-0.25, -0.2) is 13.1 Å². The Labute approximate surface area is 252 Å². The Hall–Kier alpha value is -3.05. The maximum Gasteiger partial charge on any atom is 0.236 e. The molecular weight excluding hydrogens is 552 g/mol. The highest BCUT2D eigenvalue weighted by Gasteiger charge is 2.28. The number of rotatable bonds is 13. The summed E-state index contributed by atoms with van der Waals surface area (Å²) in [5.41, 5.74) is 2.12. The van der Waals surface area contributed by atoms with E-state index in [-0.39, 0.29) is 29.6 Å². The monoisotopic (exact) mass is 600 g/mol. The van der Waals surface area contributed by atoms with Crippen LogP contribution in [0.1, 0.15) is 57.9 Å². The van der Waals surface area contributed by atoms with E-state index >= 15 is 0 Å². The van der Waals surface area contributed by atoms with Crippen LogP contribution in [0.15, 0.2) is 77.8 Å². The van der Waals surface area contributed by atoms with Crippen molar-refractivity contribution in [1.29, 1.82) is 0 Å². The number of hydrogen-bond acceptors (Lipinski definition) is 6. The van der Waals surface area contributed by atoms with Gasteiger partial charge in [-0.2, -0.15) is 5.06 Å². The third-order valence-corrected chi connectivity index (χ3v) is 8.81. The average molecular weight is 601 g/mol. The molecule has 1 unspecified atom stereocenters. The van der Waals surface area contributed by atoms with Gasteiger partial charge in [0, 0.05) is 57.5 Å². The van der Waals surface area contributed by atoms with Gasteiger partial charge in [0.15, 0.2) is 0 Å². The quantitative estimate of drug-likeness (QED) is 0.255. The van der Waals surface area contributed by atoms with Crippen molar-refractivity contribution in [3.05, 3.63) is 83.3 Å². The van der Waals surface area contributed by atoms with Crippen LogP contribution in [0.4, 0.5) is 0 Å². The summed E-state index contributed by atoms with van der Waals surface area (Å²) in [5.74, 6) is 0.881.